The molecule has 0 amide bonds. The largest absolute Gasteiger partial charge is 0.382 e. The van der Waals surface area contributed by atoms with Gasteiger partial charge in [0.1, 0.15) is 0 Å². The maximum absolute atomic E-state index is 13.0. The van der Waals surface area contributed by atoms with Crippen LogP contribution in [0, 0.1) is 0 Å². The van der Waals surface area contributed by atoms with Crippen LogP contribution in [0.5, 0.6) is 0 Å². The number of hydrogen-bond donors (Lipinski definition) is 1. The fourth-order valence-electron chi connectivity index (χ4n) is 3.66. The lowest BCUT2D eigenvalue weighted by atomic mass is 10.1. The standard InChI is InChI=1S/C19H23N3O2S/c1-15-13-16-14-18(7-8-19(16)20-15)25(23,24)22-11-9-21(10-12-22)17-5-3-2-4-6-17/h2-8,14-15,20H,9-13H2,1H3. The summed E-state index contributed by atoms with van der Waals surface area (Å²) in [5.41, 5.74) is 3.30. The van der Waals surface area contributed by atoms with E-state index in [1.54, 1.807) is 10.4 Å². The molecule has 0 radical (unpaired) electrons. The molecule has 0 aliphatic carbocycles. The van der Waals surface area contributed by atoms with Gasteiger partial charge in [0.15, 0.2) is 0 Å². The zero-order valence-corrected chi connectivity index (χ0v) is 15.2. The van der Waals surface area contributed by atoms with E-state index in [1.807, 2.05) is 30.3 Å². The summed E-state index contributed by atoms with van der Waals surface area (Å²) in [5, 5.41) is 3.36. The van der Waals surface area contributed by atoms with E-state index in [4.69, 9.17) is 0 Å². The van der Waals surface area contributed by atoms with E-state index in [-0.39, 0.29) is 0 Å². The lowest BCUT2D eigenvalue weighted by molar-refractivity contribution is 0.385. The molecule has 6 heteroatoms. The van der Waals surface area contributed by atoms with Gasteiger partial charge in [-0.25, -0.2) is 8.42 Å². The number of anilines is 2. The van der Waals surface area contributed by atoms with Crippen molar-refractivity contribution in [2.45, 2.75) is 24.3 Å². The fourth-order valence-corrected chi connectivity index (χ4v) is 5.13. The van der Waals surface area contributed by atoms with Crippen molar-refractivity contribution < 1.29 is 8.42 Å². The molecule has 4 rings (SSSR count). The van der Waals surface area contributed by atoms with Crippen molar-refractivity contribution in [2.75, 3.05) is 36.4 Å². The van der Waals surface area contributed by atoms with Crippen molar-refractivity contribution in [3.63, 3.8) is 0 Å². The van der Waals surface area contributed by atoms with Gasteiger partial charge in [-0.2, -0.15) is 4.31 Å². The summed E-state index contributed by atoms with van der Waals surface area (Å²) in [6.07, 6.45) is 0.875. The summed E-state index contributed by atoms with van der Waals surface area (Å²) in [4.78, 5) is 2.65. The second kappa shape index (κ2) is 6.35. The molecule has 0 aromatic heterocycles. The predicted octanol–water partition coefficient (Wildman–Crippen LogP) is 2.55. The molecule has 2 heterocycles. The van der Waals surface area contributed by atoms with Crippen LogP contribution in [0.1, 0.15) is 12.5 Å². The summed E-state index contributed by atoms with van der Waals surface area (Å²) in [6.45, 7) is 4.57. The van der Waals surface area contributed by atoms with Crippen LogP contribution in [-0.4, -0.2) is 44.9 Å². The first-order valence-electron chi connectivity index (χ1n) is 8.74. The lowest BCUT2D eigenvalue weighted by Gasteiger charge is -2.35. The second-order valence-corrected chi connectivity index (χ2v) is 8.73. The number of para-hydroxylation sites is 1. The zero-order valence-electron chi connectivity index (χ0n) is 14.4. The number of nitrogens with zero attached hydrogens (tertiary/aromatic N) is 2. The third kappa shape index (κ3) is 3.12. The van der Waals surface area contributed by atoms with E-state index in [0.717, 1.165) is 23.4 Å². The summed E-state index contributed by atoms with van der Waals surface area (Å²) in [6, 6.07) is 16.0. The quantitative estimate of drug-likeness (QED) is 0.917. The molecule has 1 atom stereocenters. The van der Waals surface area contributed by atoms with Crippen LogP contribution in [-0.2, 0) is 16.4 Å². The van der Waals surface area contributed by atoms with Gasteiger partial charge in [-0.05, 0) is 49.2 Å². The Labute approximate surface area is 149 Å². The lowest BCUT2D eigenvalue weighted by Crippen LogP contribution is -2.48. The van der Waals surface area contributed by atoms with Crippen molar-refractivity contribution in [3.8, 4) is 0 Å². The minimum Gasteiger partial charge on any atom is -0.382 e. The number of fused-ring (bicyclic) bond motifs is 1. The molecular weight excluding hydrogens is 334 g/mol. The van der Waals surface area contributed by atoms with Gasteiger partial charge in [0.25, 0.3) is 0 Å². The highest BCUT2D eigenvalue weighted by Gasteiger charge is 2.29. The summed E-state index contributed by atoms with van der Waals surface area (Å²) in [5.74, 6) is 0. The molecule has 1 unspecified atom stereocenters. The van der Waals surface area contributed by atoms with E-state index in [9.17, 15) is 8.42 Å². The van der Waals surface area contributed by atoms with Gasteiger partial charge in [-0.3, -0.25) is 0 Å². The molecular formula is C19H23N3O2S. The maximum atomic E-state index is 13.0. The Hall–Kier alpha value is -2.05. The van der Waals surface area contributed by atoms with Gasteiger partial charge in [-0.15, -0.1) is 0 Å². The first kappa shape index (κ1) is 16.4. The molecule has 2 aromatic rings. The minimum atomic E-state index is -3.43. The number of rotatable bonds is 3. The van der Waals surface area contributed by atoms with Crippen LogP contribution < -0.4 is 10.2 Å². The third-order valence-corrected chi connectivity index (χ3v) is 6.90. The third-order valence-electron chi connectivity index (χ3n) is 5.00. The van der Waals surface area contributed by atoms with Crippen LogP contribution in [0.3, 0.4) is 0 Å². The summed E-state index contributed by atoms with van der Waals surface area (Å²) >= 11 is 0. The Bertz CT molecular complexity index is 859. The van der Waals surface area contributed by atoms with Gasteiger partial charge >= 0.3 is 0 Å². The molecule has 2 aliphatic rings. The molecule has 2 aromatic carbocycles. The normalized spacial score (nSPS) is 21.0. The van der Waals surface area contributed by atoms with E-state index in [2.05, 4.69) is 29.3 Å². The highest BCUT2D eigenvalue weighted by atomic mass is 32.2. The predicted molar refractivity (Wildman–Crippen MR) is 101 cm³/mol. The van der Waals surface area contributed by atoms with Crippen LogP contribution >= 0.6 is 0 Å². The monoisotopic (exact) mass is 357 g/mol. The number of piperazine rings is 1. The highest BCUT2D eigenvalue weighted by Crippen LogP contribution is 2.29. The molecule has 0 spiro atoms. The molecule has 0 bridgehead atoms. The Kier molecular flexibility index (Phi) is 4.17. The van der Waals surface area contributed by atoms with E-state index in [1.165, 1.54) is 0 Å². The van der Waals surface area contributed by atoms with Crippen molar-refractivity contribution in [1.82, 2.24) is 4.31 Å². The Morgan fingerprint density at radius 2 is 1.72 bits per heavy atom. The van der Waals surface area contributed by atoms with Crippen LogP contribution in [0.15, 0.2) is 53.4 Å². The maximum Gasteiger partial charge on any atom is 0.243 e. The van der Waals surface area contributed by atoms with E-state index < -0.39 is 10.0 Å². The molecule has 0 saturated carbocycles. The fraction of sp³-hybridized carbons (Fsp3) is 0.368. The molecule has 5 nitrogen and oxygen atoms in total. The SMILES string of the molecule is CC1Cc2cc(S(=O)(=O)N3CCN(c4ccccc4)CC3)ccc2N1. The van der Waals surface area contributed by atoms with Gasteiger partial charge in [0.2, 0.25) is 10.0 Å². The van der Waals surface area contributed by atoms with E-state index in [0.29, 0.717) is 37.1 Å². The molecule has 25 heavy (non-hydrogen) atoms. The number of nitrogens with one attached hydrogen (secondary N) is 1. The number of hydrogen-bond acceptors (Lipinski definition) is 4. The minimum absolute atomic E-state index is 0.363. The van der Waals surface area contributed by atoms with Crippen LogP contribution in [0.25, 0.3) is 0 Å². The summed E-state index contributed by atoms with van der Waals surface area (Å²) in [7, 11) is -3.43. The number of sulfonamides is 1. The smallest absolute Gasteiger partial charge is 0.243 e. The average molecular weight is 357 g/mol. The topological polar surface area (TPSA) is 52.7 Å². The van der Waals surface area contributed by atoms with Gasteiger partial charge in [0.05, 0.1) is 4.90 Å². The Morgan fingerprint density at radius 1 is 1.00 bits per heavy atom. The molecule has 1 fully saturated rings. The Balaban J connectivity index is 1.50. The van der Waals surface area contributed by atoms with Gasteiger partial charge in [-0.1, -0.05) is 18.2 Å². The molecule has 1 saturated heterocycles. The van der Waals surface area contributed by atoms with Gasteiger partial charge in [0, 0.05) is 43.6 Å². The first-order chi connectivity index (χ1) is 12.0. The van der Waals surface area contributed by atoms with Crippen LogP contribution in [0.4, 0.5) is 11.4 Å². The van der Waals surface area contributed by atoms with Crippen LogP contribution in [0.2, 0.25) is 0 Å². The second-order valence-electron chi connectivity index (χ2n) is 6.80. The summed E-state index contributed by atoms with van der Waals surface area (Å²) < 4.78 is 27.6. The first-order valence-corrected chi connectivity index (χ1v) is 10.2. The van der Waals surface area contributed by atoms with Crippen molar-refractivity contribution >= 4 is 21.4 Å². The van der Waals surface area contributed by atoms with Crippen molar-refractivity contribution in [2.24, 2.45) is 0 Å². The van der Waals surface area contributed by atoms with Crippen molar-refractivity contribution in [1.29, 1.82) is 0 Å². The Morgan fingerprint density at radius 3 is 2.44 bits per heavy atom. The molecule has 1 N–H and O–H groups in total. The van der Waals surface area contributed by atoms with Crippen molar-refractivity contribution in [3.05, 3.63) is 54.1 Å². The van der Waals surface area contributed by atoms with E-state index >= 15 is 0 Å². The average Bonchev–Trinajstić information content (AvgIpc) is 3.02. The van der Waals surface area contributed by atoms with Gasteiger partial charge < -0.3 is 10.2 Å². The number of benzene rings is 2. The zero-order chi connectivity index (χ0) is 17.4. The molecule has 2 aliphatic heterocycles. The highest BCUT2D eigenvalue weighted by molar-refractivity contribution is 7.89. The molecule has 132 valence electrons.